The number of morpholine rings is 1. The van der Waals surface area contributed by atoms with Gasteiger partial charge in [-0.05, 0) is 48.9 Å². The lowest BCUT2D eigenvalue weighted by molar-refractivity contribution is 0.0162. The van der Waals surface area contributed by atoms with E-state index >= 15 is 0 Å². The fourth-order valence-electron chi connectivity index (χ4n) is 4.38. The second kappa shape index (κ2) is 9.81. The molecule has 2 aromatic rings. The molecule has 0 spiro atoms. The summed E-state index contributed by atoms with van der Waals surface area (Å²) in [5.74, 6) is 1.44. The van der Waals surface area contributed by atoms with Crippen molar-refractivity contribution in [2.45, 2.75) is 31.7 Å². The van der Waals surface area contributed by atoms with E-state index in [4.69, 9.17) is 14.2 Å². The molecule has 2 heterocycles. The van der Waals surface area contributed by atoms with Crippen molar-refractivity contribution in [3.8, 4) is 11.5 Å². The van der Waals surface area contributed by atoms with Crippen LogP contribution in [0.25, 0.3) is 0 Å². The van der Waals surface area contributed by atoms with Gasteiger partial charge in [0.25, 0.3) is 5.91 Å². The summed E-state index contributed by atoms with van der Waals surface area (Å²) in [4.78, 5) is 16.8. The molecule has 1 saturated heterocycles. The molecule has 30 heavy (non-hydrogen) atoms. The summed E-state index contributed by atoms with van der Waals surface area (Å²) in [7, 11) is 3.28. The maximum atomic E-state index is 13.0. The number of benzene rings is 1. The lowest BCUT2D eigenvalue weighted by Crippen LogP contribution is -2.43. The first-order valence-corrected chi connectivity index (χ1v) is 11.5. The lowest BCUT2D eigenvalue weighted by Gasteiger charge is -2.35. The van der Waals surface area contributed by atoms with Crippen molar-refractivity contribution in [1.82, 2.24) is 10.2 Å². The average Bonchev–Trinajstić information content (AvgIpc) is 3.24. The van der Waals surface area contributed by atoms with Crippen LogP contribution < -0.4 is 14.8 Å². The van der Waals surface area contributed by atoms with Crippen LogP contribution in [0.4, 0.5) is 0 Å². The lowest BCUT2D eigenvalue weighted by atomic mass is 9.95. The molecule has 0 bridgehead atoms. The first-order valence-electron chi connectivity index (χ1n) is 10.6. The van der Waals surface area contributed by atoms with Gasteiger partial charge in [0.2, 0.25) is 0 Å². The van der Waals surface area contributed by atoms with Crippen LogP contribution in [0.5, 0.6) is 11.5 Å². The van der Waals surface area contributed by atoms with Crippen LogP contribution in [0.3, 0.4) is 0 Å². The minimum absolute atomic E-state index is 0.0353. The first-order chi connectivity index (χ1) is 14.7. The second-order valence-electron chi connectivity index (χ2n) is 7.75. The van der Waals surface area contributed by atoms with Crippen molar-refractivity contribution in [1.29, 1.82) is 0 Å². The summed E-state index contributed by atoms with van der Waals surface area (Å²) in [6, 6.07) is 6.04. The first kappa shape index (κ1) is 21.2. The van der Waals surface area contributed by atoms with Crippen LogP contribution in [0.1, 0.15) is 45.2 Å². The van der Waals surface area contributed by atoms with Crippen molar-refractivity contribution >= 4 is 17.2 Å². The zero-order valence-electron chi connectivity index (χ0n) is 17.7. The summed E-state index contributed by atoms with van der Waals surface area (Å²) in [5, 5.41) is 5.24. The number of hydrogen-bond donors (Lipinski definition) is 1. The molecule has 1 atom stereocenters. The van der Waals surface area contributed by atoms with Gasteiger partial charge in [-0.25, -0.2) is 0 Å². The molecule has 0 radical (unpaired) electrons. The van der Waals surface area contributed by atoms with E-state index in [9.17, 15) is 4.79 Å². The van der Waals surface area contributed by atoms with E-state index in [1.807, 2.05) is 17.5 Å². The van der Waals surface area contributed by atoms with Crippen LogP contribution in [0.15, 0.2) is 23.6 Å². The molecular weight excluding hydrogens is 400 g/mol. The van der Waals surface area contributed by atoms with E-state index in [0.29, 0.717) is 31.3 Å². The van der Waals surface area contributed by atoms with Gasteiger partial charge < -0.3 is 19.5 Å². The molecule has 1 aliphatic carbocycles. The van der Waals surface area contributed by atoms with Crippen molar-refractivity contribution < 1.29 is 19.0 Å². The van der Waals surface area contributed by atoms with Crippen molar-refractivity contribution in [3.63, 3.8) is 0 Å². The van der Waals surface area contributed by atoms with Crippen molar-refractivity contribution in [3.05, 3.63) is 45.1 Å². The standard InChI is InChI=1S/C23H30N2O4S/c1-27-20-8-7-16(13-21(20)28-2)19(25-9-11-29-12-10-25)14-24-23(26)18-15-30-22-6-4-3-5-17(18)22/h7-8,13,15,19H,3-6,9-12,14H2,1-2H3,(H,24,26). The van der Waals surface area contributed by atoms with Crippen molar-refractivity contribution in [2.75, 3.05) is 47.1 Å². The maximum absolute atomic E-state index is 13.0. The van der Waals surface area contributed by atoms with Crippen LogP contribution >= 0.6 is 11.3 Å². The molecule has 7 heteroatoms. The number of nitrogens with zero attached hydrogens (tertiary/aromatic N) is 1. The van der Waals surface area contributed by atoms with Gasteiger partial charge in [-0.2, -0.15) is 0 Å². The average molecular weight is 431 g/mol. The number of methoxy groups -OCH3 is 2. The third-order valence-corrected chi connectivity index (χ3v) is 7.13. The number of ether oxygens (including phenoxy) is 3. The van der Waals surface area contributed by atoms with E-state index in [-0.39, 0.29) is 11.9 Å². The molecule has 1 aliphatic heterocycles. The topological polar surface area (TPSA) is 60.0 Å². The van der Waals surface area contributed by atoms with E-state index in [1.54, 1.807) is 25.6 Å². The molecule has 6 nitrogen and oxygen atoms in total. The fourth-order valence-corrected chi connectivity index (χ4v) is 5.50. The van der Waals surface area contributed by atoms with Gasteiger partial charge in [0.15, 0.2) is 11.5 Å². The Morgan fingerprint density at radius 1 is 1.17 bits per heavy atom. The van der Waals surface area contributed by atoms with Crippen molar-refractivity contribution in [2.24, 2.45) is 0 Å². The molecule has 0 saturated carbocycles. The number of hydrogen-bond acceptors (Lipinski definition) is 6. The highest BCUT2D eigenvalue weighted by Crippen LogP contribution is 2.33. The molecule has 1 unspecified atom stereocenters. The number of amides is 1. The van der Waals surface area contributed by atoms with E-state index in [0.717, 1.165) is 37.1 Å². The molecule has 1 amide bonds. The number of thiophene rings is 1. The van der Waals surface area contributed by atoms with Gasteiger partial charge in [-0.1, -0.05) is 6.07 Å². The maximum Gasteiger partial charge on any atom is 0.252 e. The molecule has 1 aromatic heterocycles. The normalized spacial score (nSPS) is 17.8. The molecule has 1 fully saturated rings. The molecule has 2 aliphatic rings. The highest BCUT2D eigenvalue weighted by atomic mass is 32.1. The number of carbonyl (C=O) groups excluding carboxylic acids is 1. The summed E-state index contributed by atoms with van der Waals surface area (Å²) >= 11 is 1.73. The van der Waals surface area contributed by atoms with Crippen LogP contribution in [-0.2, 0) is 17.6 Å². The van der Waals surface area contributed by atoms with Gasteiger partial charge >= 0.3 is 0 Å². The zero-order chi connectivity index (χ0) is 20.9. The Bertz CT molecular complexity index is 876. The number of nitrogens with one attached hydrogen (secondary N) is 1. The Kier molecular flexibility index (Phi) is 6.92. The Morgan fingerprint density at radius 2 is 1.93 bits per heavy atom. The van der Waals surface area contributed by atoms with Gasteiger partial charge in [0, 0.05) is 29.9 Å². The Morgan fingerprint density at radius 3 is 2.70 bits per heavy atom. The molecule has 162 valence electrons. The molecule has 1 aromatic carbocycles. The van der Waals surface area contributed by atoms with Gasteiger partial charge in [-0.15, -0.1) is 11.3 Å². The Balaban J connectivity index is 1.53. The summed E-state index contributed by atoms with van der Waals surface area (Å²) in [6.45, 7) is 3.62. The summed E-state index contributed by atoms with van der Waals surface area (Å²) in [5.41, 5.74) is 3.22. The fraction of sp³-hybridized carbons (Fsp3) is 0.522. The Labute approximate surface area is 182 Å². The predicted molar refractivity (Wildman–Crippen MR) is 118 cm³/mol. The van der Waals surface area contributed by atoms with Gasteiger partial charge in [0.05, 0.1) is 39.0 Å². The summed E-state index contributed by atoms with van der Waals surface area (Å²) in [6.07, 6.45) is 4.53. The van der Waals surface area contributed by atoms with Gasteiger partial charge in [0.1, 0.15) is 0 Å². The minimum Gasteiger partial charge on any atom is -0.493 e. The minimum atomic E-state index is 0.0353. The van der Waals surface area contributed by atoms with E-state index < -0.39 is 0 Å². The number of carbonyl (C=O) groups is 1. The molecule has 1 N–H and O–H groups in total. The second-order valence-corrected chi connectivity index (χ2v) is 8.71. The highest BCUT2D eigenvalue weighted by Gasteiger charge is 2.26. The summed E-state index contributed by atoms with van der Waals surface area (Å²) < 4.78 is 16.4. The molecule has 4 rings (SSSR count). The van der Waals surface area contributed by atoms with Gasteiger partial charge in [-0.3, -0.25) is 9.69 Å². The highest BCUT2D eigenvalue weighted by molar-refractivity contribution is 7.10. The quantitative estimate of drug-likeness (QED) is 0.729. The van der Waals surface area contributed by atoms with E-state index in [2.05, 4.69) is 16.3 Å². The largest absolute Gasteiger partial charge is 0.493 e. The Hall–Kier alpha value is -2.09. The van der Waals surface area contributed by atoms with Crippen LogP contribution in [-0.4, -0.2) is 57.9 Å². The number of rotatable bonds is 7. The monoisotopic (exact) mass is 430 g/mol. The molecular formula is C23H30N2O4S. The third kappa shape index (κ3) is 4.48. The smallest absolute Gasteiger partial charge is 0.252 e. The third-order valence-electron chi connectivity index (χ3n) is 6.04. The number of aryl methyl sites for hydroxylation is 1. The predicted octanol–water partition coefficient (Wildman–Crippen LogP) is 3.45. The van der Waals surface area contributed by atoms with Crippen LogP contribution in [0, 0.1) is 0 Å². The SMILES string of the molecule is COc1ccc(C(CNC(=O)c2csc3c2CCCC3)N2CCOCC2)cc1OC. The number of fused-ring (bicyclic) bond motifs is 1. The zero-order valence-corrected chi connectivity index (χ0v) is 18.6. The van der Waals surface area contributed by atoms with Crippen LogP contribution in [0.2, 0.25) is 0 Å². The van der Waals surface area contributed by atoms with E-state index in [1.165, 1.54) is 23.3 Å².